The monoisotopic (exact) mass is 312 g/mol. The summed E-state index contributed by atoms with van der Waals surface area (Å²) < 4.78 is 20.1. The van der Waals surface area contributed by atoms with Crippen LogP contribution >= 0.6 is 0 Å². The van der Waals surface area contributed by atoms with Gasteiger partial charge in [0.1, 0.15) is 0 Å². The molecule has 0 aromatic heterocycles. The van der Waals surface area contributed by atoms with E-state index in [0.717, 1.165) is 0 Å². The number of carboxylic acid groups (broad SMARTS) is 1. The molecule has 0 saturated carbocycles. The molecule has 0 bridgehead atoms. The van der Waals surface area contributed by atoms with Crippen LogP contribution in [0.4, 0.5) is 4.39 Å². The number of hydrogen-bond acceptors (Lipinski definition) is 5. The van der Waals surface area contributed by atoms with E-state index in [-0.39, 0.29) is 24.0 Å². The largest absolute Gasteiger partial charge is 0.481 e. The highest BCUT2D eigenvalue weighted by molar-refractivity contribution is 6.03. The summed E-state index contributed by atoms with van der Waals surface area (Å²) in [6.07, 6.45) is 1.79. The Morgan fingerprint density at radius 3 is 1.86 bits per heavy atom. The molecular weight excluding hydrogens is 295 g/mol. The number of carboxylic acids is 1. The van der Waals surface area contributed by atoms with Crippen LogP contribution in [-0.4, -0.2) is 37.2 Å². The van der Waals surface area contributed by atoms with Crippen molar-refractivity contribution in [2.24, 2.45) is 0 Å². The molecule has 0 radical (unpaired) electrons. The predicted octanol–water partition coefficient (Wildman–Crippen LogP) is 2.59. The lowest BCUT2D eigenvalue weighted by Gasteiger charge is -2.04. The molecule has 22 heavy (non-hydrogen) atoms. The third-order valence-electron chi connectivity index (χ3n) is 2.35. The number of benzene rings is 1. The molecule has 1 N–H and O–H groups in total. The molecule has 0 unspecified atom stereocenters. The van der Waals surface area contributed by atoms with Crippen LogP contribution < -0.4 is 0 Å². The first-order valence-electron chi connectivity index (χ1n) is 6.20. The fraction of sp³-hybridized carbons (Fsp3) is 0.267. The van der Waals surface area contributed by atoms with Gasteiger partial charge in [-0.05, 0) is 18.6 Å². The lowest BCUT2D eigenvalue weighted by molar-refractivity contribution is -0.136. The van der Waals surface area contributed by atoms with E-state index in [1.165, 1.54) is 32.4 Å². The van der Waals surface area contributed by atoms with Crippen molar-refractivity contribution in [2.45, 2.75) is 12.8 Å². The first-order chi connectivity index (χ1) is 10.5. The van der Waals surface area contributed by atoms with E-state index < -0.39 is 17.9 Å². The quantitative estimate of drug-likeness (QED) is 0.840. The van der Waals surface area contributed by atoms with Crippen molar-refractivity contribution in [1.82, 2.24) is 0 Å². The second kappa shape index (κ2) is 11.0. The molecule has 0 fully saturated rings. The van der Waals surface area contributed by atoms with E-state index in [2.05, 4.69) is 9.47 Å². The highest BCUT2D eigenvalue weighted by Gasteiger charge is 2.16. The molecule has 0 aliphatic heterocycles. The summed E-state index contributed by atoms with van der Waals surface area (Å²) in [5.41, 5.74) is 0.420. The zero-order chi connectivity index (χ0) is 17.0. The number of carbonyl (C=O) groups excluding carboxylic acids is 2. The highest BCUT2D eigenvalue weighted by Crippen LogP contribution is 2.10. The minimum atomic E-state index is -0.900. The third-order valence-corrected chi connectivity index (χ3v) is 2.35. The maximum atomic E-state index is 11.2. The number of hydrogen-bond donors (Lipinski definition) is 1. The molecule has 1 aromatic rings. The summed E-state index contributed by atoms with van der Waals surface area (Å²) in [6, 6.07) is 6.33. The second-order valence-corrected chi connectivity index (χ2v) is 3.82. The van der Waals surface area contributed by atoms with Gasteiger partial charge in [-0.15, -0.1) is 0 Å². The smallest absolute Gasteiger partial charge is 0.338 e. The zero-order valence-corrected chi connectivity index (χ0v) is 12.2. The maximum Gasteiger partial charge on any atom is 0.338 e. The summed E-state index contributed by atoms with van der Waals surface area (Å²) in [5, 5.41) is 7.98. The molecule has 0 saturated heterocycles. The topological polar surface area (TPSA) is 89.9 Å². The van der Waals surface area contributed by atoms with Crippen LogP contribution in [0.2, 0.25) is 0 Å². The Bertz CT molecular complexity index is 504. The van der Waals surface area contributed by atoms with E-state index >= 15 is 0 Å². The van der Waals surface area contributed by atoms with Gasteiger partial charge in [0.2, 0.25) is 0 Å². The molecule has 1 rings (SSSR count). The molecule has 0 aliphatic carbocycles. The van der Waals surface area contributed by atoms with Gasteiger partial charge < -0.3 is 14.6 Å². The van der Waals surface area contributed by atoms with Crippen molar-refractivity contribution in [1.29, 1.82) is 0 Å². The summed E-state index contributed by atoms with van der Waals surface area (Å²) in [6.45, 7) is 0. The highest BCUT2D eigenvalue weighted by atomic mass is 19.1. The van der Waals surface area contributed by atoms with Crippen molar-refractivity contribution in [3.63, 3.8) is 0 Å². The van der Waals surface area contributed by atoms with E-state index in [4.69, 9.17) is 5.11 Å². The maximum absolute atomic E-state index is 11.2. The third kappa shape index (κ3) is 7.18. The number of aliphatic carboxylic acids is 1. The Labute approximate surface area is 127 Å². The minimum absolute atomic E-state index is 0.000417. The first-order valence-corrected chi connectivity index (χ1v) is 6.20. The molecule has 6 nitrogen and oxygen atoms in total. The van der Waals surface area contributed by atoms with Gasteiger partial charge in [-0.1, -0.05) is 18.2 Å². The summed E-state index contributed by atoms with van der Waals surface area (Å²) in [5.74, 6) is -2.00. The number of allylic oxidation sites excluding steroid dienone is 1. The van der Waals surface area contributed by atoms with E-state index in [0.29, 0.717) is 6.33 Å². The van der Waals surface area contributed by atoms with Gasteiger partial charge in [0.05, 0.1) is 31.7 Å². The van der Waals surface area contributed by atoms with Gasteiger partial charge >= 0.3 is 17.9 Å². The Balaban J connectivity index is 0.000000472. The number of carbonyl (C=O) groups is 3. The van der Waals surface area contributed by atoms with Crippen molar-refractivity contribution in [3.05, 3.63) is 47.8 Å². The molecule has 0 atom stereocenters. The Kier molecular flexibility index (Phi) is 9.66. The second-order valence-electron chi connectivity index (χ2n) is 3.82. The molecule has 1 aromatic carbocycles. The number of ether oxygens (including phenoxy) is 2. The van der Waals surface area contributed by atoms with Crippen LogP contribution in [-0.2, 0) is 14.3 Å². The van der Waals surface area contributed by atoms with Crippen LogP contribution in [0.25, 0.3) is 0 Å². The lowest BCUT2D eigenvalue weighted by atomic mass is 10.1. The van der Waals surface area contributed by atoms with E-state index in [1.807, 2.05) is 0 Å². The summed E-state index contributed by atoms with van der Waals surface area (Å²) >= 11 is 0. The van der Waals surface area contributed by atoms with E-state index in [9.17, 15) is 18.8 Å². The number of rotatable bonds is 5. The van der Waals surface area contributed by atoms with Crippen LogP contribution in [0.15, 0.2) is 36.7 Å². The van der Waals surface area contributed by atoms with Gasteiger partial charge in [0, 0.05) is 6.42 Å². The summed E-state index contributed by atoms with van der Waals surface area (Å²) in [7, 11) is 2.52. The van der Waals surface area contributed by atoms with Crippen LogP contribution in [0.3, 0.4) is 0 Å². The molecule has 0 amide bonds. The first kappa shape index (κ1) is 19.3. The normalized spacial score (nSPS) is 9.59. The summed E-state index contributed by atoms with van der Waals surface area (Å²) in [4.78, 5) is 32.2. The van der Waals surface area contributed by atoms with Crippen molar-refractivity contribution in [2.75, 3.05) is 14.2 Å². The fourth-order valence-electron chi connectivity index (χ4n) is 1.33. The molecule has 0 heterocycles. The Morgan fingerprint density at radius 2 is 1.55 bits per heavy atom. The van der Waals surface area contributed by atoms with E-state index in [1.54, 1.807) is 12.1 Å². The van der Waals surface area contributed by atoms with Crippen LogP contribution in [0.1, 0.15) is 33.6 Å². The van der Waals surface area contributed by atoms with Gasteiger partial charge in [-0.25, -0.2) is 14.0 Å². The van der Waals surface area contributed by atoms with Gasteiger partial charge in [0.15, 0.2) is 0 Å². The van der Waals surface area contributed by atoms with Crippen molar-refractivity contribution in [3.8, 4) is 0 Å². The minimum Gasteiger partial charge on any atom is -0.481 e. The van der Waals surface area contributed by atoms with Crippen molar-refractivity contribution >= 4 is 17.9 Å². The zero-order valence-electron chi connectivity index (χ0n) is 12.2. The SMILES string of the molecule is COC(=O)c1ccccc1C(=O)OC.O=C(O)CCC=CF. The molecule has 0 aliphatic rings. The molecule has 7 heteroatoms. The fourth-order valence-corrected chi connectivity index (χ4v) is 1.33. The number of esters is 2. The van der Waals surface area contributed by atoms with Crippen LogP contribution in [0.5, 0.6) is 0 Å². The molecule has 120 valence electrons. The van der Waals surface area contributed by atoms with Gasteiger partial charge in [-0.3, -0.25) is 4.79 Å². The van der Waals surface area contributed by atoms with Crippen LogP contribution in [0, 0.1) is 0 Å². The molecule has 0 spiro atoms. The van der Waals surface area contributed by atoms with Gasteiger partial charge in [0.25, 0.3) is 0 Å². The average Bonchev–Trinajstić information content (AvgIpc) is 2.54. The van der Waals surface area contributed by atoms with Crippen molar-refractivity contribution < 1.29 is 33.4 Å². The average molecular weight is 312 g/mol. The predicted molar refractivity (Wildman–Crippen MR) is 76.2 cm³/mol. The Hall–Kier alpha value is -2.70. The lowest BCUT2D eigenvalue weighted by Crippen LogP contribution is -2.11. The Morgan fingerprint density at radius 1 is 1.09 bits per heavy atom. The van der Waals surface area contributed by atoms with Gasteiger partial charge in [-0.2, -0.15) is 0 Å². The standard InChI is InChI=1S/C10H10O4.C5H7FO2/c1-13-9(11)7-5-3-4-6-8(7)10(12)14-2;6-4-2-1-3-5(7)8/h3-6H,1-2H3;2,4H,1,3H2,(H,7,8). The number of halogens is 1. The number of methoxy groups -OCH3 is 2. The molecular formula is C15H17FO6.